The third kappa shape index (κ3) is 2.59. The standard InChI is InChI=1S/C12H9F3N2S/c1-17-6-10(11(18)16-7-17)8-3-2-4-9(5-8)12(13,14)15/h2-7H,1H3. The van der Waals surface area contributed by atoms with E-state index in [0.29, 0.717) is 11.1 Å². The zero-order valence-electron chi connectivity index (χ0n) is 9.40. The Labute approximate surface area is 107 Å². The molecule has 2 rings (SSSR count). The summed E-state index contributed by atoms with van der Waals surface area (Å²) in [6.07, 6.45) is -1.19. The van der Waals surface area contributed by atoms with E-state index in [9.17, 15) is 13.2 Å². The lowest BCUT2D eigenvalue weighted by Crippen LogP contribution is -2.04. The van der Waals surface area contributed by atoms with Gasteiger partial charge in [0.1, 0.15) is 4.64 Å². The number of alkyl halides is 3. The number of hydrogen-bond donors (Lipinski definition) is 0. The third-order valence-corrected chi connectivity index (χ3v) is 2.75. The van der Waals surface area contributed by atoms with E-state index in [4.69, 9.17) is 12.2 Å². The van der Waals surface area contributed by atoms with Crippen molar-refractivity contribution >= 4 is 12.2 Å². The summed E-state index contributed by atoms with van der Waals surface area (Å²) in [6, 6.07) is 5.05. The van der Waals surface area contributed by atoms with Gasteiger partial charge in [-0.2, -0.15) is 13.2 Å². The number of hydrogen-bond acceptors (Lipinski definition) is 2. The van der Waals surface area contributed by atoms with E-state index in [2.05, 4.69) is 4.98 Å². The molecule has 0 aliphatic carbocycles. The molecule has 0 aliphatic heterocycles. The lowest BCUT2D eigenvalue weighted by molar-refractivity contribution is -0.137. The van der Waals surface area contributed by atoms with Crippen LogP contribution in [0.25, 0.3) is 11.1 Å². The highest BCUT2D eigenvalue weighted by atomic mass is 32.1. The molecule has 18 heavy (non-hydrogen) atoms. The molecular weight excluding hydrogens is 261 g/mol. The Morgan fingerprint density at radius 1 is 1.28 bits per heavy atom. The van der Waals surface area contributed by atoms with Crippen molar-refractivity contribution in [2.24, 2.45) is 7.05 Å². The van der Waals surface area contributed by atoms with Crippen molar-refractivity contribution in [2.45, 2.75) is 6.18 Å². The van der Waals surface area contributed by atoms with Gasteiger partial charge in [0, 0.05) is 18.8 Å². The Kier molecular flexibility index (Phi) is 3.21. The van der Waals surface area contributed by atoms with Gasteiger partial charge in [0.25, 0.3) is 0 Å². The van der Waals surface area contributed by atoms with Crippen molar-refractivity contribution in [3.63, 3.8) is 0 Å². The van der Waals surface area contributed by atoms with E-state index in [-0.39, 0.29) is 4.64 Å². The first kappa shape index (κ1) is 12.8. The molecule has 0 saturated heterocycles. The predicted molar refractivity (Wildman–Crippen MR) is 64.5 cm³/mol. The number of halogens is 3. The second-order valence-corrected chi connectivity index (χ2v) is 4.22. The van der Waals surface area contributed by atoms with Crippen LogP contribution in [0.2, 0.25) is 0 Å². The van der Waals surface area contributed by atoms with Crippen LogP contribution in [-0.2, 0) is 13.2 Å². The number of nitrogens with zero attached hydrogens (tertiary/aromatic N) is 2. The molecule has 0 spiro atoms. The fourth-order valence-electron chi connectivity index (χ4n) is 1.57. The SMILES string of the molecule is Cn1cnc(=S)c(-c2cccc(C(F)(F)F)c2)c1. The summed E-state index contributed by atoms with van der Waals surface area (Å²) in [5.41, 5.74) is 0.237. The van der Waals surface area contributed by atoms with Crippen molar-refractivity contribution in [3.8, 4) is 11.1 Å². The molecule has 0 bridgehead atoms. The number of aromatic nitrogens is 2. The quantitative estimate of drug-likeness (QED) is 0.733. The molecule has 1 aromatic heterocycles. The van der Waals surface area contributed by atoms with Crippen LogP contribution < -0.4 is 0 Å². The van der Waals surface area contributed by atoms with E-state index in [1.54, 1.807) is 23.9 Å². The Hall–Kier alpha value is -1.69. The minimum Gasteiger partial charge on any atom is -0.341 e. The summed E-state index contributed by atoms with van der Waals surface area (Å²) >= 11 is 5.02. The highest BCUT2D eigenvalue weighted by Gasteiger charge is 2.30. The maximum Gasteiger partial charge on any atom is 0.416 e. The van der Waals surface area contributed by atoms with Gasteiger partial charge in [0.15, 0.2) is 0 Å². The number of benzene rings is 1. The van der Waals surface area contributed by atoms with Gasteiger partial charge in [-0.1, -0.05) is 24.4 Å². The van der Waals surface area contributed by atoms with Gasteiger partial charge in [-0.15, -0.1) is 0 Å². The van der Waals surface area contributed by atoms with Crippen molar-refractivity contribution in [2.75, 3.05) is 0 Å². The molecule has 1 heterocycles. The van der Waals surface area contributed by atoms with Crippen molar-refractivity contribution in [3.05, 3.63) is 47.0 Å². The Balaban J connectivity index is 2.58. The van der Waals surface area contributed by atoms with Crippen LogP contribution in [0.3, 0.4) is 0 Å². The first-order chi connectivity index (χ1) is 8.38. The topological polar surface area (TPSA) is 17.8 Å². The molecule has 1 aromatic carbocycles. The maximum atomic E-state index is 12.6. The normalized spacial score (nSPS) is 11.6. The molecule has 0 fully saturated rings. The largest absolute Gasteiger partial charge is 0.416 e. The van der Waals surface area contributed by atoms with Crippen molar-refractivity contribution in [1.29, 1.82) is 0 Å². The van der Waals surface area contributed by atoms with Gasteiger partial charge < -0.3 is 4.57 Å². The zero-order valence-corrected chi connectivity index (χ0v) is 10.2. The van der Waals surface area contributed by atoms with Crippen LogP contribution >= 0.6 is 12.2 Å². The van der Waals surface area contributed by atoms with Crippen LogP contribution in [-0.4, -0.2) is 9.55 Å². The Morgan fingerprint density at radius 3 is 2.67 bits per heavy atom. The van der Waals surface area contributed by atoms with Crippen molar-refractivity contribution < 1.29 is 13.2 Å². The average molecular weight is 270 g/mol. The smallest absolute Gasteiger partial charge is 0.341 e. The minimum atomic E-state index is -4.36. The van der Waals surface area contributed by atoms with Gasteiger partial charge in [-0.3, -0.25) is 0 Å². The highest BCUT2D eigenvalue weighted by molar-refractivity contribution is 7.71. The van der Waals surface area contributed by atoms with Crippen LogP contribution in [0.15, 0.2) is 36.8 Å². The average Bonchev–Trinajstić information content (AvgIpc) is 2.31. The van der Waals surface area contributed by atoms with Crippen LogP contribution in [0.4, 0.5) is 13.2 Å². The maximum absolute atomic E-state index is 12.6. The zero-order chi connectivity index (χ0) is 13.3. The van der Waals surface area contributed by atoms with Crippen molar-refractivity contribution in [1.82, 2.24) is 9.55 Å². The minimum absolute atomic E-state index is 0.285. The summed E-state index contributed by atoms with van der Waals surface area (Å²) in [7, 11) is 1.74. The molecule has 2 aromatic rings. The molecule has 0 aliphatic rings. The van der Waals surface area contributed by atoms with Gasteiger partial charge in [-0.25, -0.2) is 4.98 Å². The molecule has 0 unspecified atom stereocenters. The first-order valence-electron chi connectivity index (χ1n) is 5.08. The fourth-order valence-corrected chi connectivity index (χ4v) is 1.78. The molecule has 0 N–H and O–H groups in total. The van der Waals surface area contributed by atoms with Gasteiger partial charge in [0.2, 0.25) is 0 Å². The number of aryl methyl sites for hydroxylation is 1. The third-order valence-electron chi connectivity index (χ3n) is 2.42. The first-order valence-corrected chi connectivity index (χ1v) is 5.48. The van der Waals surface area contributed by atoms with E-state index in [0.717, 1.165) is 12.1 Å². The molecule has 0 amide bonds. The highest BCUT2D eigenvalue weighted by Crippen LogP contribution is 2.32. The molecule has 2 nitrogen and oxygen atoms in total. The summed E-state index contributed by atoms with van der Waals surface area (Å²) in [5, 5.41) is 0. The Morgan fingerprint density at radius 2 is 2.00 bits per heavy atom. The Bertz CT molecular complexity index is 632. The summed E-state index contributed by atoms with van der Waals surface area (Å²) in [5.74, 6) is 0. The van der Waals surface area contributed by atoms with Gasteiger partial charge in [-0.05, 0) is 17.7 Å². The van der Waals surface area contributed by atoms with Gasteiger partial charge in [0.05, 0.1) is 11.9 Å². The van der Waals surface area contributed by atoms with Gasteiger partial charge >= 0.3 is 6.18 Å². The summed E-state index contributed by atoms with van der Waals surface area (Å²) in [6.45, 7) is 0. The lowest BCUT2D eigenvalue weighted by atomic mass is 10.1. The van der Waals surface area contributed by atoms with E-state index >= 15 is 0 Å². The van der Waals surface area contributed by atoms with Crippen LogP contribution in [0.5, 0.6) is 0 Å². The molecule has 0 saturated carbocycles. The summed E-state index contributed by atoms with van der Waals surface area (Å²) < 4.78 is 39.8. The van der Waals surface area contributed by atoms with Crippen LogP contribution in [0.1, 0.15) is 5.56 Å². The molecule has 0 atom stereocenters. The fraction of sp³-hybridized carbons (Fsp3) is 0.167. The molecule has 94 valence electrons. The lowest BCUT2D eigenvalue weighted by Gasteiger charge is -2.09. The monoisotopic (exact) mass is 270 g/mol. The van der Waals surface area contributed by atoms with Crippen LogP contribution in [0, 0.1) is 4.64 Å². The second-order valence-electron chi connectivity index (χ2n) is 3.84. The second kappa shape index (κ2) is 4.53. The van der Waals surface area contributed by atoms with E-state index in [1.165, 1.54) is 12.4 Å². The summed E-state index contributed by atoms with van der Waals surface area (Å²) in [4.78, 5) is 3.94. The molecular formula is C12H9F3N2S. The predicted octanol–water partition coefficient (Wildman–Crippen LogP) is 3.84. The number of rotatable bonds is 1. The molecule has 0 radical (unpaired) electrons. The van der Waals surface area contributed by atoms with E-state index in [1.807, 2.05) is 0 Å². The molecule has 6 heteroatoms. The van der Waals surface area contributed by atoms with E-state index < -0.39 is 11.7 Å².